The van der Waals surface area contributed by atoms with Crippen LogP contribution in [0.4, 0.5) is 0 Å². The average molecular weight is 222 g/mol. The molecule has 1 N–H and O–H groups in total. The summed E-state index contributed by atoms with van der Waals surface area (Å²) in [7, 11) is 0. The Hall–Kier alpha value is -0.570. The van der Waals surface area contributed by atoms with Gasteiger partial charge >= 0.3 is 0 Å². The molecule has 3 heteroatoms. The van der Waals surface area contributed by atoms with Crippen LogP contribution in [0, 0.1) is 11.3 Å². The second kappa shape index (κ2) is 3.46. The van der Waals surface area contributed by atoms with Crippen molar-refractivity contribution in [2.75, 3.05) is 13.1 Å². The lowest BCUT2D eigenvalue weighted by Crippen LogP contribution is -2.40. The van der Waals surface area contributed by atoms with Crippen LogP contribution < -0.4 is 5.32 Å². The number of hydrogen-bond acceptors (Lipinski definition) is 2. The Morgan fingerprint density at radius 1 is 1.25 bits per heavy atom. The fraction of sp³-hybridized carbons (Fsp3) is 0.923. The van der Waals surface area contributed by atoms with Gasteiger partial charge in [0, 0.05) is 31.1 Å². The van der Waals surface area contributed by atoms with E-state index in [1.54, 1.807) is 0 Å². The molecule has 2 aliphatic heterocycles. The summed E-state index contributed by atoms with van der Waals surface area (Å²) in [4.78, 5) is 14.4. The van der Waals surface area contributed by atoms with E-state index in [2.05, 4.69) is 24.1 Å². The molecule has 0 spiro atoms. The minimum Gasteiger partial charge on any atom is -0.341 e. The Morgan fingerprint density at radius 3 is 2.62 bits per heavy atom. The SMILES string of the molecule is CC1(C)CC1C(=O)N1CCC2CCC(C1)N2. The van der Waals surface area contributed by atoms with E-state index >= 15 is 0 Å². The Labute approximate surface area is 97.6 Å². The molecule has 1 aliphatic carbocycles. The van der Waals surface area contributed by atoms with E-state index < -0.39 is 0 Å². The van der Waals surface area contributed by atoms with E-state index in [1.807, 2.05) is 0 Å². The third-order valence-electron chi connectivity index (χ3n) is 4.65. The zero-order valence-corrected chi connectivity index (χ0v) is 10.3. The van der Waals surface area contributed by atoms with Crippen molar-refractivity contribution in [3.8, 4) is 0 Å². The number of hydrogen-bond donors (Lipinski definition) is 1. The first-order chi connectivity index (χ1) is 7.56. The number of carbonyl (C=O) groups excluding carboxylic acids is 1. The van der Waals surface area contributed by atoms with Gasteiger partial charge in [-0.2, -0.15) is 0 Å². The van der Waals surface area contributed by atoms with E-state index in [-0.39, 0.29) is 5.41 Å². The van der Waals surface area contributed by atoms with Gasteiger partial charge in [-0.05, 0) is 31.1 Å². The van der Waals surface area contributed by atoms with Gasteiger partial charge in [0.2, 0.25) is 5.91 Å². The van der Waals surface area contributed by atoms with Crippen molar-refractivity contribution in [1.29, 1.82) is 0 Å². The van der Waals surface area contributed by atoms with Crippen LogP contribution in [0.3, 0.4) is 0 Å². The second-order valence-corrected chi connectivity index (χ2v) is 6.46. The van der Waals surface area contributed by atoms with Gasteiger partial charge in [0.15, 0.2) is 0 Å². The average Bonchev–Trinajstić information content (AvgIpc) is 2.69. The summed E-state index contributed by atoms with van der Waals surface area (Å²) in [6.45, 7) is 6.33. The number of nitrogens with one attached hydrogen (secondary N) is 1. The normalized spacial score (nSPS) is 40.6. The van der Waals surface area contributed by atoms with E-state index in [4.69, 9.17) is 0 Å². The molecule has 3 nitrogen and oxygen atoms in total. The first-order valence-electron chi connectivity index (χ1n) is 6.61. The maximum Gasteiger partial charge on any atom is 0.226 e. The van der Waals surface area contributed by atoms with Gasteiger partial charge in [-0.1, -0.05) is 13.8 Å². The summed E-state index contributed by atoms with van der Waals surface area (Å²) in [5.74, 6) is 0.725. The van der Waals surface area contributed by atoms with Crippen LogP contribution >= 0.6 is 0 Å². The molecule has 2 heterocycles. The van der Waals surface area contributed by atoms with E-state index in [0.717, 1.165) is 25.9 Å². The second-order valence-electron chi connectivity index (χ2n) is 6.46. The maximum absolute atomic E-state index is 12.3. The van der Waals surface area contributed by atoms with Crippen molar-refractivity contribution in [2.45, 2.75) is 51.6 Å². The van der Waals surface area contributed by atoms with Gasteiger partial charge in [0.05, 0.1) is 0 Å². The fourth-order valence-electron chi connectivity index (χ4n) is 3.25. The third-order valence-corrected chi connectivity index (χ3v) is 4.65. The minimum atomic E-state index is 0.274. The van der Waals surface area contributed by atoms with E-state index in [0.29, 0.717) is 23.9 Å². The number of nitrogens with zero attached hydrogens (tertiary/aromatic N) is 1. The number of fused-ring (bicyclic) bond motifs is 2. The summed E-state index contributed by atoms with van der Waals surface area (Å²) in [5, 5.41) is 3.62. The quantitative estimate of drug-likeness (QED) is 0.727. The van der Waals surface area contributed by atoms with Crippen LogP contribution in [0.2, 0.25) is 0 Å². The maximum atomic E-state index is 12.3. The molecule has 3 atom stereocenters. The smallest absolute Gasteiger partial charge is 0.226 e. The van der Waals surface area contributed by atoms with Gasteiger partial charge in [0.25, 0.3) is 0 Å². The predicted molar refractivity (Wildman–Crippen MR) is 63.0 cm³/mol. The fourth-order valence-corrected chi connectivity index (χ4v) is 3.25. The van der Waals surface area contributed by atoms with Gasteiger partial charge in [-0.25, -0.2) is 0 Å². The number of carbonyl (C=O) groups is 1. The molecule has 90 valence electrons. The Balaban J connectivity index is 1.65. The molecule has 1 saturated carbocycles. The Bertz CT molecular complexity index is 313. The number of likely N-dealkylation sites (tertiary alicyclic amines) is 1. The molecule has 3 unspecified atom stereocenters. The van der Waals surface area contributed by atoms with Crippen LogP contribution in [0.5, 0.6) is 0 Å². The van der Waals surface area contributed by atoms with Crippen LogP contribution in [-0.2, 0) is 4.79 Å². The highest BCUT2D eigenvalue weighted by molar-refractivity contribution is 5.82. The Morgan fingerprint density at radius 2 is 1.94 bits per heavy atom. The topological polar surface area (TPSA) is 32.3 Å². The summed E-state index contributed by atoms with van der Waals surface area (Å²) >= 11 is 0. The van der Waals surface area contributed by atoms with Crippen LogP contribution in [0.1, 0.15) is 39.5 Å². The van der Waals surface area contributed by atoms with Crippen LogP contribution in [0.25, 0.3) is 0 Å². The summed E-state index contributed by atoms with van der Waals surface area (Å²) in [6.07, 6.45) is 4.80. The molecule has 3 aliphatic rings. The highest BCUT2D eigenvalue weighted by Crippen LogP contribution is 2.52. The largest absolute Gasteiger partial charge is 0.341 e. The molecule has 3 rings (SSSR count). The highest BCUT2D eigenvalue weighted by atomic mass is 16.2. The molecule has 0 aromatic heterocycles. The van der Waals surface area contributed by atoms with Crippen molar-refractivity contribution < 1.29 is 4.79 Å². The lowest BCUT2D eigenvalue weighted by atomic mass is 10.1. The predicted octanol–water partition coefficient (Wildman–Crippen LogP) is 1.39. The van der Waals surface area contributed by atoms with E-state index in [1.165, 1.54) is 12.8 Å². The molecule has 1 amide bonds. The lowest BCUT2D eigenvalue weighted by molar-refractivity contribution is -0.133. The van der Waals surface area contributed by atoms with Crippen molar-refractivity contribution in [1.82, 2.24) is 10.2 Å². The van der Waals surface area contributed by atoms with Gasteiger partial charge < -0.3 is 10.2 Å². The molecule has 2 bridgehead atoms. The molecular weight excluding hydrogens is 200 g/mol. The monoisotopic (exact) mass is 222 g/mol. The third kappa shape index (κ3) is 1.75. The summed E-state index contributed by atoms with van der Waals surface area (Å²) in [6, 6.07) is 1.24. The minimum absolute atomic E-state index is 0.274. The molecule has 3 fully saturated rings. The van der Waals surface area contributed by atoms with Gasteiger partial charge in [-0.15, -0.1) is 0 Å². The molecule has 0 aromatic carbocycles. The van der Waals surface area contributed by atoms with E-state index in [9.17, 15) is 4.79 Å². The van der Waals surface area contributed by atoms with Crippen LogP contribution in [0.15, 0.2) is 0 Å². The zero-order valence-electron chi connectivity index (χ0n) is 10.3. The number of rotatable bonds is 1. The van der Waals surface area contributed by atoms with Gasteiger partial charge in [-0.3, -0.25) is 4.79 Å². The standard InChI is InChI=1S/C13H22N2O/c1-13(2)7-11(13)12(16)15-6-5-9-3-4-10(8-15)14-9/h9-11,14H,3-8H2,1-2H3. The Kier molecular flexibility index (Phi) is 2.29. The molecule has 16 heavy (non-hydrogen) atoms. The summed E-state index contributed by atoms with van der Waals surface area (Å²) < 4.78 is 0. The van der Waals surface area contributed by atoms with Crippen molar-refractivity contribution in [2.24, 2.45) is 11.3 Å². The highest BCUT2D eigenvalue weighted by Gasteiger charge is 2.52. The molecular formula is C13H22N2O. The zero-order chi connectivity index (χ0) is 11.3. The van der Waals surface area contributed by atoms with Gasteiger partial charge in [0.1, 0.15) is 0 Å². The lowest BCUT2D eigenvalue weighted by Gasteiger charge is -2.25. The first kappa shape index (κ1) is 10.6. The molecule has 2 saturated heterocycles. The van der Waals surface area contributed by atoms with Crippen molar-refractivity contribution >= 4 is 5.91 Å². The molecule has 0 radical (unpaired) electrons. The van der Waals surface area contributed by atoms with Crippen molar-refractivity contribution in [3.63, 3.8) is 0 Å². The summed E-state index contributed by atoms with van der Waals surface area (Å²) in [5.41, 5.74) is 0.274. The number of amides is 1. The van der Waals surface area contributed by atoms with Crippen molar-refractivity contribution in [3.05, 3.63) is 0 Å². The molecule has 0 aromatic rings. The first-order valence-corrected chi connectivity index (χ1v) is 6.61. The van der Waals surface area contributed by atoms with Crippen LogP contribution in [-0.4, -0.2) is 36.0 Å².